The molecule has 8 aromatic rings. The van der Waals surface area contributed by atoms with Crippen LogP contribution in [0.3, 0.4) is 0 Å². The van der Waals surface area contributed by atoms with E-state index in [0.29, 0.717) is 5.39 Å². The molecule has 0 unspecified atom stereocenters. The Labute approximate surface area is 217 Å². The molecule has 178 valence electrons. The summed E-state index contributed by atoms with van der Waals surface area (Å²) in [6, 6.07) is 43.0. The van der Waals surface area contributed by atoms with Crippen LogP contribution in [0.25, 0.3) is 66.1 Å². The number of benzene rings is 5. The van der Waals surface area contributed by atoms with Crippen LogP contribution in [0, 0.1) is 0 Å². The second-order valence-corrected chi connectivity index (χ2v) is 9.60. The molecule has 8 rings (SSSR count). The normalized spacial score (nSPS) is 11.8. The van der Waals surface area contributed by atoms with Crippen LogP contribution in [0.2, 0.25) is 0 Å². The summed E-state index contributed by atoms with van der Waals surface area (Å²) in [4.78, 5) is 19.4. The number of pyridine rings is 2. The van der Waals surface area contributed by atoms with Crippen molar-refractivity contribution in [1.82, 2.24) is 14.0 Å². The Bertz CT molecular complexity index is 2260. The summed E-state index contributed by atoms with van der Waals surface area (Å²) in [7, 11) is 0. The Morgan fingerprint density at radius 3 is 2.05 bits per heavy atom. The molecule has 0 aliphatic heterocycles. The van der Waals surface area contributed by atoms with Gasteiger partial charge in [-0.25, -0.2) is 4.98 Å². The quantitative estimate of drug-likeness (QED) is 0.234. The van der Waals surface area contributed by atoms with Gasteiger partial charge in [0.15, 0.2) is 5.65 Å². The highest BCUT2D eigenvalue weighted by molar-refractivity contribution is 6.23. The molecule has 0 spiro atoms. The van der Waals surface area contributed by atoms with E-state index in [1.54, 1.807) is 0 Å². The third-order valence-corrected chi connectivity index (χ3v) is 7.49. The Kier molecular flexibility index (Phi) is 4.34. The van der Waals surface area contributed by atoms with Gasteiger partial charge in [-0.1, -0.05) is 91.0 Å². The van der Waals surface area contributed by atoms with E-state index in [-0.39, 0.29) is 5.56 Å². The lowest BCUT2D eigenvalue weighted by Gasteiger charge is -2.17. The topological polar surface area (TPSA) is 39.3 Å². The second-order valence-electron chi connectivity index (χ2n) is 9.60. The average molecular weight is 488 g/mol. The molecule has 3 heterocycles. The summed E-state index contributed by atoms with van der Waals surface area (Å²) < 4.78 is 4.05. The van der Waals surface area contributed by atoms with Crippen molar-refractivity contribution in [1.29, 1.82) is 0 Å². The van der Waals surface area contributed by atoms with Gasteiger partial charge in [0.1, 0.15) is 5.52 Å². The monoisotopic (exact) mass is 487 g/mol. The molecule has 0 fully saturated rings. The minimum Gasteiger partial charge on any atom is -0.290 e. The Balaban J connectivity index is 1.65. The molecule has 0 aliphatic carbocycles. The number of imidazole rings is 1. The molecule has 5 aromatic carbocycles. The van der Waals surface area contributed by atoms with E-state index < -0.39 is 0 Å². The third-order valence-electron chi connectivity index (χ3n) is 7.49. The number of fused-ring (bicyclic) bond motifs is 10. The van der Waals surface area contributed by atoms with Crippen LogP contribution < -0.4 is 5.56 Å². The summed E-state index contributed by atoms with van der Waals surface area (Å²) in [5.41, 5.74) is 7.50. The second kappa shape index (κ2) is 7.89. The first-order chi connectivity index (χ1) is 18.8. The highest BCUT2D eigenvalue weighted by Gasteiger charge is 2.21. The van der Waals surface area contributed by atoms with Gasteiger partial charge in [0.25, 0.3) is 5.56 Å². The minimum atomic E-state index is -0.0532. The van der Waals surface area contributed by atoms with Crippen LogP contribution in [0.15, 0.2) is 132 Å². The van der Waals surface area contributed by atoms with E-state index >= 15 is 0 Å². The predicted octanol–water partition coefficient (Wildman–Crippen LogP) is 7.77. The maximum absolute atomic E-state index is 14.3. The van der Waals surface area contributed by atoms with E-state index in [1.165, 1.54) is 0 Å². The standard InChI is InChI=1S/C34H21N3O/c38-34-26-16-5-4-15-25(26)31-27-17-6-8-19-29(27)37-30-20-9-7-18-28(30)35-33(37)32(31)36(34)24-14-10-13-23(21-24)22-11-2-1-3-12-22/h1-21H. The first-order valence-corrected chi connectivity index (χ1v) is 12.7. The van der Waals surface area contributed by atoms with Gasteiger partial charge in [-0.2, -0.15) is 0 Å². The maximum atomic E-state index is 14.3. The van der Waals surface area contributed by atoms with Crippen LogP contribution in [0.1, 0.15) is 0 Å². The lowest BCUT2D eigenvalue weighted by Crippen LogP contribution is -2.20. The number of aromatic nitrogens is 3. The van der Waals surface area contributed by atoms with Gasteiger partial charge in [0, 0.05) is 16.2 Å². The fraction of sp³-hybridized carbons (Fsp3) is 0. The van der Waals surface area contributed by atoms with Gasteiger partial charge < -0.3 is 0 Å². The van der Waals surface area contributed by atoms with E-state index in [1.807, 2.05) is 71.3 Å². The van der Waals surface area contributed by atoms with Crippen molar-refractivity contribution < 1.29 is 0 Å². The minimum absolute atomic E-state index is 0.0532. The van der Waals surface area contributed by atoms with Crippen molar-refractivity contribution in [3.63, 3.8) is 0 Å². The SMILES string of the molecule is O=c1c2ccccc2c2c3ccccc3n3c4ccccc4nc3c2n1-c1cccc(-c2ccccc2)c1. The number of hydrogen-bond donors (Lipinski definition) is 0. The molecule has 0 saturated heterocycles. The van der Waals surface area contributed by atoms with E-state index in [9.17, 15) is 4.79 Å². The van der Waals surface area contributed by atoms with Gasteiger partial charge in [0.05, 0.1) is 22.2 Å². The van der Waals surface area contributed by atoms with Gasteiger partial charge >= 0.3 is 0 Å². The van der Waals surface area contributed by atoms with Gasteiger partial charge in [-0.3, -0.25) is 13.8 Å². The summed E-state index contributed by atoms with van der Waals surface area (Å²) >= 11 is 0. The van der Waals surface area contributed by atoms with Crippen LogP contribution in [-0.2, 0) is 0 Å². The first-order valence-electron chi connectivity index (χ1n) is 12.7. The molecule has 0 saturated carbocycles. The maximum Gasteiger partial charge on any atom is 0.263 e. The predicted molar refractivity (Wildman–Crippen MR) is 156 cm³/mol. The van der Waals surface area contributed by atoms with Crippen LogP contribution in [-0.4, -0.2) is 14.0 Å². The zero-order chi connectivity index (χ0) is 25.2. The Hall–Kier alpha value is -5.22. The van der Waals surface area contributed by atoms with Crippen molar-refractivity contribution in [2.24, 2.45) is 0 Å². The zero-order valence-electron chi connectivity index (χ0n) is 20.4. The molecule has 0 aliphatic rings. The molecule has 0 amide bonds. The summed E-state index contributed by atoms with van der Waals surface area (Å²) in [6.45, 7) is 0. The van der Waals surface area contributed by atoms with Crippen LogP contribution >= 0.6 is 0 Å². The van der Waals surface area contributed by atoms with Crippen molar-refractivity contribution in [3.8, 4) is 16.8 Å². The lowest BCUT2D eigenvalue weighted by atomic mass is 10.0. The van der Waals surface area contributed by atoms with Crippen molar-refractivity contribution >= 4 is 49.3 Å². The van der Waals surface area contributed by atoms with E-state index in [2.05, 4.69) is 65.1 Å². The highest BCUT2D eigenvalue weighted by Crippen LogP contribution is 2.36. The smallest absolute Gasteiger partial charge is 0.263 e. The fourth-order valence-electron chi connectivity index (χ4n) is 5.84. The Morgan fingerprint density at radius 1 is 0.553 bits per heavy atom. The molecule has 0 bridgehead atoms. The Morgan fingerprint density at radius 2 is 1.21 bits per heavy atom. The van der Waals surface area contributed by atoms with Crippen molar-refractivity contribution in [2.45, 2.75) is 0 Å². The lowest BCUT2D eigenvalue weighted by molar-refractivity contribution is 1.06. The third kappa shape index (κ3) is 2.86. The summed E-state index contributed by atoms with van der Waals surface area (Å²) in [6.07, 6.45) is 0. The molecule has 4 nitrogen and oxygen atoms in total. The van der Waals surface area contributed by atoms with Gasteiger partial charge in [-0.15, -0.1) is 0 Å². The van der Waals surface area contributed by atoms with Crippen LogP contribution in [0.4, 0.5) is 0 Å². The highest BCUT2D eigenvalue weighted by atomic mass is 16.1. The molecular formula is C34H21N3O. The van der Waals surface area contributed by atoms with Gasteiger partial charge in [-0.05, 0) is 52.9 Å². The molecule has 0 N–H and O–H groups in total. The number of rotatable bonds is 2. The van der Waals surface area contributed by atoms with Crippen molar-refractivity contribution in [3.05, 3.63) is 138 Å². The zero-order valence-corrected chi connectivity index (χ0v) is 20.4. The number of nitrogens with zero attached hydrogens (tertiary/aromatic N) is 3. The van der Waals surface area contributed by atoms with Crippen molar-refractivity contribution in [2.75, 3.05) is 0 Å². The van der Waals surface area contributed by atoms with Crippen LogP contribution in [0.5, 0.6) is 0 Å². The number of para-hydroxylation sites is 3. The molecule has 0 atom stereocenters. The molecule has 38 heavy (non-hydrogen) atoms. The number of hydrogen-bond acceptors (Lipinski definition) is 2. The first kappa shape index (κ1) is 20.9. The van der Waals surface area contributed by atoms with Gasteiger partial charge in [0.2, 0.25) is 0 Å². The largest absolute Gasteiger partial charge is 0.290 e. The van der Waals surface area contributed by atoms with E-state index in [0.717, 1.165) is 60.7 Å². The summed E-state index contributed by atoms with van der Waals surface area (Å²) in [5, 5.41) is 3.75. The van der Waals surface area contributed by atoms with E-state index in [4.69, 9.17) is 4.98 Å². The summed E-state index contributed by atoms with van der Waals surface area (Å²) in [5.74, 6) is 0. The molecule has 0 radical (unpaired) electrons. The fourth-order valence-corrected chi connectivity index (χ4v) is 5.84. The molecule has 3 aromatic heterocycles. The molecular weight excluding hydrogens is 466 g/mol. The molecule has 4 heteroatoms. The average Bonchev–Trinajstić information content (AvgIpc) is 3.38.